The van der Waals surface area contributed by atoms with Crippen molar-refractivity contribution >= 4 is 11.9 Å². The molecule has 0 radical (unpaired) electrons. The van der Waals surface area contributed by atoms with E-state index in [1.807, 2.05) is 36.4 Å². The zero-order valence-corrected chi connectivity index (χ0v) is 11.0. The zero-order chi connectivity index (χ0) is 13.7. The zero-order valence-electron chi connectivity index (χ0n) is 11.0. The number of methoxy groups -OCH3 is 1. The van der Waals surface area contributed by atoms with E-state index < -0.39 is 0 Å². The van der Waals surface area contributed by atoms with E-state index in [4.69, 9.17) is 0 Å². The minimum Gasteiger partial charge on any atom is -0.469 e. The van der Waals surface area contributed by atoms with Gasteiger partial charge in [0.05, 0.1) is 13.5 Å². The lowest BCUT2D eigenvalue weighted by Gasteiger charge is -2.27. The van der Waals surface area contributed by atoms with E-state index in [2.05, 4.69) is 4.74 Å². The Morgan fingerprint density at radius 2 is 2.05 bits per heavy atom. The Hall–Kier alpha value is -2.10. The second-order valence-electron chi connectivity index (χ2n) is 4.48. The van der Waals surface area contributed by atoms with Crippen LogP contribution in [0.3, 0.4) is 0 Å². The van der Waals surface area contributed by atoms with Crippen molar-refractivity contribution in [1.29, 1.82) is 0 Å². The van der Waals surface area contributed by atoms with Gasteiger partial charge >= 0.3 is 5.97 Å². The molecule has 4 heteroatoms. The van der Waals surface area contributed by atoms with Crippen LogP contribution in [-0.4, -0.2) is 30.4 Å². The lowest BCUT2D eigenvalue weighted by atomic mass is 10.0. The van der Waals surface area contributed by atoms with E-state index >= 15 is 0 Å². The summed E-state index contributed by atoms with van der Waals surface area (Å²) in [5, 5.41) is 0. The first-order valence-electron chi connectivity index (χ1n) is 6.29. The molecular formula is C15H17NO3. The van der Waals surface area contributed by atoms with Crippen molar-refractivity contribution in [2.75, 3.05) is 13.7 Å². The second-order valence-corrected chi connectivity index (χ2v) is 4.48. The van der Waals surface area contributed by atoms with Crippen molar-refractivity contribution in [3.05, 3.63) is 47.5 Å². The molecule has 1 aromatic carbocycles. The summed E-state index contributed by atoms with van der Waals surface area (Å²) < 4.78 is 4.60. The van der Waals surface area contributed by atoms with Gasteiger partial charge in [0.15, 0.2) is 0 Å². The van der Waals surface area contributed by atoms with Gasteiger partial charge in [-0.15, -0.1) is 0 Å². The summed E-state index contributed by atoms with van der Waals surface area (Å²) in [6, 6.07) is 9.84. The summed E-state index contributed by atoms with van der Waals surface area (Å²) >= 11 is 0. The highest BCUT2D eigenvalue weighted by Crippen LogP contribution is 2.17. The van der Waals surface area contributed by atoms with Gasteiger partial charge in [-0.3, -0.25) is 9.59 Å². The molecule has 0 fully saturated rings. The molecule has 1 amide bonds. The van der Waals surface area contributed by atoms with Crippen molar-refractivity contribution in [2.24, 2.45) is 0 Å². The molecule has 0 saturated heterocycles. The Labute approximate surface area is 112 Å². The fourth-order valence-electron chi connectivity index (χ4n) is 2.12. The predicted molar refractivity (Wildman–Crippen MR) is 71.2 cm³/mol. The number of benzene rings is 1. The quantitative estimate of drug-likeness (QED) is 0.776. The molecular weight excluding hydrogens is 242 g/mol. The van der Waals surface area contributed by atoms with Gasteiger partial charge in [-0.2, -0.15) is 0 Å². The summed E-state index contributed by atoms with van der Waals surface area (Å²) in [5.74, 6) is -0.443. The molecule has 1 aromatic rings. The number of nitrogens with zero attached hydrogens (tertiary/aromatic N) is 1. The molecule has 100 valence electrons. The molecule has 0 bridgehead atoms. The minimum absolute atomic E-state index is 0.0562. The Kier molecular flexibility index (Phi) is 4.34. The molecule has 19 heavy (non-hydrogen) atoms. The lowest BCUT2D eigenvalue weighted by molar-refractivity contribution is -0.141. The highest BCUT2D eigenvalue weighted by atomic mass is 16.5. The number of carbonyl (C=O) groups is 2. The van der Waals surface area contributed by atoms with Crippen molar-refractivity contribution in [3.8, 4) is 0 Å². The van der Waals surface area contributed by atoms with Crippen molar-refractivity contribution in [1.82, 2.24) is 4.90 Å². The molecule has 0 aliphatic carbocycles. The van der Waals surface area contributed by atoms with Gasteiger partial charge in [-0.05, 0) is 12.0 Å². The molecule has 1 aliphatic rings. The van der Waals surface area contributed by atoms with Crippen LogP contribution in [0.25, 0.3) is 0 Å². The number of hydrogen-bond donors (Lipinski definition) is 0. The van der Waals surface area contributed by atoms with E-state index in [0.717, 1.165) is 12.0 Å². The normalized spacial score (nSPS) is 15.1. The second kappa shape index (κ2) is 6.18. The Bertz CT molecular complexity index is 493. The molecule has 4 nitrogen and oxygen atoms in total. The predicted octanol–water partition coefficient (Wildman–Crippen LogP) is 1.91. The molecule has 0 aromatic heterocycles. The molecule has 2 rings (SSSR count). The highest BCUT2D eigenvalue weighted by Gasteiger charge is 2.23. The van der Waals surface area contributed by atoms with Crippen LogP contribution in [-0.2, 0) is 20.9 Å². The first-order chi connectivity index (χ1) is 9.20. The highest BCUT2D eigenvalue weighted by molar-refractivity contribution is 5.98. The average molecular weight is 259 g/mol. The van der Waals surface area contributed by atoms with Crippen LogP contribution in [0.4, 0.5) is 0 Å². The van der Waals surface area contributed by atoms with E-state index in [1.54, 1.807) is 4.90 Å². The standard InChI is InChI=1S/C15H17NO3/c1-19-14(17)10-13-8-5-9-16(15(13)18)11-12-6-3-2-4-7-12/h2-4,6-8H,5,9-11H2,1H3. The van der Waals surface area contributed by atoms with E-state index in [-0.39, 0.29) is 18.3 Å². The van der Waals surface area contributed by atoms with Crippen molar-refractivity contribution < 1.29 is 14.3 Å². The number of rotatable bonds is 4. The molecule has 0 saturated carbocycles. The van der Waals surface area contributed by atoms with Gasteiger partial charge in [-0.1, -0.05) is 36.4 Å². The molecule has 0 atom stereocenters. The third-order valence-electron chi connectivity index (χ3n) is 3.13. The summed E-state index contributed by atoms with van der Waals surface area (Å²) in [6.07, 6.45) is 2.67. The molecule has 1 heterocycles. The monoisotopic (exact) mass is 259 g/mol. The van der Waals surface area contributed by atoms with Crippen LogP contribution >= 0.6 is 0 Å². The summed E-state index contributed by atoms with van der Waals surface area (Å²) in [6.45, 7) is 1.27. The average Bonchev–Trinajstić information content (AvgIpc) is 2.44. The van der Waals surface area contributed by atoms with E-state index in [9.17, 15) is 9.59 Å². The number of amides is 1. The van der Waals surface area contributed by atoms with Gasteiger partial charge in [0, 0.05) is 18.7 Å². The number of hydrogen-bond acceptors (Lipinski definition) is 3. The largest absolute Gasteiger partial charge is 0.469 e. The topological polar surface area (TPSA) is 46.6 Å². The van der Waals surface area contributed by atoms with Crippen LogP contribution in [0.5, 0.6) is 0 Å². The van der Waals surface area contributed by atoms with Gasteiger partial charge in [-0.25, -0.2) is 0 Å². The summed E-state index contributed by atoms with van der Waals surface area (Å²) in [5.41, 5.74) is 1.63. The first-order valence-corrected chi connectivity index (χ1v) is 6.29. The van der Waals surface area contributed by atoms with Gasteiger partial charge in [0.25, 0.3) is 0 Å². The Balaban J connectivity index is 2.03. The number of ether oxygens (including phenoxy) is 1. The third-order valence-corrected chi connectivity index (χ3v) is 3.13. The summed E-state index contributed by atoms with van der Waals surface area (Å²) in [4.78, 5) is 25.3. The maximum absolute atomic E-state index is 12.2. The molecule has 0 spiro atoms. The fraction of sp³-hybridized carbons (Fsp3) is 0.333. The minimum atomic E-state index is -0.374. The van der Waals surface area contributed by atoms with E-state index in [1.165, 1.54) is 7.11 Å². The maximum atomic E-state index is 12.2. The smallest absolute Gasteiger partial charge is 0.310 e. The Morgan fingerprint density at radius 3 is 2.74 bits per heavy atom. The number of esters is 1. The lowest BCUT2D eigenvalue weighted by Crippen LogP contribution is -2.35. The third kappa shape index (κ3) is 3.44. The fourth-order valence-corrected chi connectivity index (χ4v) is 2.12. The maximum Gasteiger partial charge on any atom is 0.310 e. The SMILES string of the molecule is COC(=O)CC1=CCCN(Cc2ccccc2)C1=O. The van der Waals surface area contributed by atoms with Crippen LogP contribution in [0, 0.1) is 0 Å². The van der Waals surface area contributed by atoms with Crippen LogP contribution in [0.1, 0.15) is 18.4 Å². The molecule has 1 aliphatic heterocycles. The van der Waals surface area contributed by atoms with Gasteiger partial charge in [0.2, 0.25) is 5.91 Å². The van der Waals surface area contributed by atoms with E-state index in [0.29, 0.717) is 18.7 Å². The van der Waals surface area contributed by atoms with Gasteiger partial charge in [0.1, 0.15) is 0 Å². The van der Waals surface area contributed by atoms with Crippen molar-refractivity contribution in [2.45, 2.75) is 19.4 Å². The number of carbonyl (C=O) groups excluding carboxylic acids is 2. The van der Waals surface area contributed by atoms with Crippen LogP contribution in [0.2, 0.25) is 0 Å². The van der Waals surface area contributed by atoms with Crippen LogP contribution < -0.4 is 0 Å². The molecule has 0 unspecified atom stereocenters. The van der Waals surface area contributed by atoms with Crippen LogP contribution in [0.15, 0.2) is 42.0 Å². The summed E-state index contributed by atoms with van der Waals surface area (Å²) in [7, 11) is 1.33. The van der Waals surface area contributed by atoms with Gasteiger partial charge < -0.3 is 9.64 Å². The molecule has 0 N–H and O–H groups in total. The Morgan fingerprint density at radius 1 is 1.32 bits per heavy atom. The van der Waals surface area contributed by atoms with Crippen molar-refractivity contribution in [3.63, 3.8) is 0 Å². The first kappa shape index (κ1) is 13.3.